The molecule has 4 nitrogen and oxygen atoms in total. The zero-order valence-electron chi connectivity index (χ0n) is 13.5. The van der Waals surface area contributed by atoms with Gasteiger partial charge in [0.2, 0.25) is 5.91 Å². The second-order valence-electron chi connectivity index (χ2n) is 5.20. The van der Waals surface area contributed by atoms with Crippen molar-refractivity contribution in [1.82, 2.24) is 4.90 Å². The number of rotatable bonds is 10. The molecule has 0 aliphatic carbocycles. The molecule has 1 rings (SSSR count). The lowest BCUT2D eigenvalue weighted by molar-refractivity contribution is -0.117. The van der Waals surface area contributed by atoms with Crippen molar-refractivity contribution < 1.29 is 9.53 Å². The van der Waals surface area contributed by atoms with E-state index >= 15 is 0 Å². The Hall–Kier alpha value is -1.55. The first-order valence-electron chi connectivity index (χ1n) is 7.94. The van der Waals surface area contributed by atoms with Crippen LogP contribution in [-0.4, -0.2) is 37.0 Å². The second kappa shape index (κ2) is 10.2. The van der Waals surface area contributed by atoms with E-state index in [1.165, 1.54) is 0 Å². The molecular formula is C17H28N2O2. The second-order valence-corrected chi connectivity index (χ2v) is 5.20. The number of carbonyl (C=O) groups excluding carboxylic acids is 1. The number of nitrogens with zero attached hydrogens (tertiary/aromatic N) is 1. The molecule has 1 aromatic rings. The van der Waals surface area contributed by atoms with Gasteiger partial charge in [0.05, 0.1) is 13.2 Å². The maximum Gasteiger partial charge on any atom is 0.238 e. The maximum atomic E-state index is 12.0. The van der Waals surface area contributed by atoms with E-state index in [0.717, 1.165) is 43.8 Å². The Balaban J connectivity index is 2.46. The Morgan fingerprint density at radius 1 is 1.05 bits per heavy atom. The lowest BCUT2D eigenvalue weighted by Gasteiger charge is -2.20. The van der Waals surface area contributed by atoms with Crippen LogP contribution in [0.25, 0.3) is 0 Å². The van der Waals surface area contributed by atoms with Crippen LogP contribution in [0.15, 0.2) is 24.3 Å². The summed E-state index contributed by atoms with van der Waals surface area (Å²) >= 11 is 0. The van der Waals surface area contributed by atoms with Crippen LogP contribution >= 0.6 is 0 Å². The van der Waals surface area contributed by atoms with Crippen LogP contribution in [-0.2, 0) is 4.79 Å². The van der Waals surface area contributed by atoms with Crippen molar-refractivity contribution in [1.29, 1.82) is 0 Å². The van der Waals surface area contributed by atoms with Crippen molar-refractivity contribution in [2.24, 2.45) is 0 Å². The van der Waals surface area contributed by atoms with Gasteiger partial charge in [0.1, 0.15) is 5.75 Å². The summed E-state index contributed by atoms with van der Waals surface area (Å²) in [7, 11) is 0. The van der Waals surface area contributed by atoms with Crippen LogP contribution in [0.2, 0.25) is 0 Å². The summed E-state index contributed by atoms with van der Waals surface area (Å²) in [5.74, 6) is 0.882. The fraction of sp³-hybridized carbons (Fsp3) is 0.588. The number of nitrogens with one attached hydrogen (secondary N) is 1. The van der Waals surface area contributed by atoms with Gasteiger partial charge in [-0.25, -0.2) is 0 Å². The fourth-order valence-corrected chi connectivity index (χ4v) is 2.16. The minimum atomic E-state index is 0.0409. The standard InChI is InChI=1S/C17H28N2O2/c1-4-11-19(12-5-2)14-17(20)18-15-7-9-16(10-8-15)21-13-6-3/h7-10H,4-6,11-14H2,1-3H3,(H,18,20). The van der Waals surface area contributed by atoms with Gasteiger partial charge in [0.15, 0.2) is 0 Å². The molecule has 0 unspecified atom stereocenters. The van der Waals surface area contributed by atoms with Gasteiger partial charge in [0.25, 0.3) is 0 Å². The monoisotopic (exact) mass is 292 g/mol. The van der Waals surface area contributed by atoms with E-state index in [4.69, 9.17) is 4.74 Å². The van der Waals surface area contributed by atoms with E-state index in [2.05, 4.69) is 31.0 Å². The van der Waals surface area contributed by atoms with E-state index in [9.17, 15) is 4.79 Å². The highest BCUT2D eigenvalue weighted by atomic mass is 16.5. The molecule has 1 aromatic carbocycles. The summed E-state index contributed by atoms with van der Waals surface area (Å²) < 4.78 is 5.52. The first-order valence-corrected chi connectivity index (χ1v) is 7.94. The third-order valence-electron chi connectivity index (χ3n) is 3.06. The largest absolute Gasteiger partial charge is 0.494 e. The van der Waals surface area contributed by atoms with Crippen molar-refractivity contribution in [3.05, 3.63) is 24.3 Å². The molecule has 4 heteroatoms. The van der Waals surface area contributed by atoms with Crippen molar-refractivity contribution in [3.63, 3.8) is 0 Å². The van der Waals surface area contributed by atoms with E-state index in [-0.39, 0.29) is 5.91 Å². The molecule has 21 heavy (non-hydrogen) atoms. The minimum absolute atomic E-state index is 0.0409. The van der Waals surface area contributed by atoms with Crippen LogP contribution in [0, 0.1) is 0 Å². The molecule has 0 fully saturated rings. The number of hydrogen-bond acceptors (Lipinski definition) is 3. The van der Waals surface area contributed by atoms with Gasteiger partial charge in [-0.2, -0.15) is 0 Å². The summed E-state index contributed by atoms with van der Waals surface area (Å²) in [6, 6.07) is 7.54. The highest BCUT2D eigenvalue weighted by molar-refractivity contribution is 5.92. The lowest BCUT2D eigenvalue weighted by Crippen LogP contribution is -2.34. The van der Waals surface area contributed by atoms with Gasteiger partial charge in [-0.05, 0) is 56.6 Å². The maximum absolute atomic E-state index is 12.0. The molecule has 0 aromatic heterocycles. The predicted octanol–water partition coefficient (Wildman–Crippen LogP) is 3.54. The Kier molecular flexibility index (Phi) is 8.51. The van der Waals surface area contributed by atoms with Gasteiger partial charge in [-0.3, -0.25) is 9.69 Å². The number of amides is 1. The zero-order valence-corrected chi connectivity index (χ0v) is 13.5. The summed E-state index contributed by atoms with van der Waals surface area (Å²) in [6.45, 7) is 9.44. The number of anilines is 1. The Morgan fingerprint density at radius 3 is 2.19 bits per heavy atom. The molecule has 0 spiro atoms. The highest BCUT2D eigenvalue weighted by Gasteiger charge is 2.09. The molecule has 0 aliphatic heterocycles. The van der Waals surface area contributed by atoms with E-state index in [1.54, 1.807) is 0 Å². The molecule has 0 aliphatic rings. The van der Waals surface area contributed by atoms with Crippen LogP contribution in [0.3, 0.4) is 0 Å². The van der Waals surface area contributed by atoms with Gasteiger partial charge in [-0.15, -0.1) is 0 Å². The average molecular weight is 292 g/mol. The van der Waals surface area contributed by atoms with E-state index in [1.807, 2.05) is 24.3 Å². The quantitative estimate of drug-likeness (QED) is 0.717. The number of benzene rings is 1. The highest BCUT2D eigenvalue weighted by Crippen LogP contribution is 2.15. The van der Waals surface area contributed by atoms with Crippen molar-refractivity contribution in [3.8, 4) is 5.75 Å². The van der Waals surface area contributed by atoms with Crippen LogP contribution in [0.4, 0.5) is 5.69 Å². The van der Waals surface area contributed by atoms with Crippen molar-refractivity contribution in [2.45, 2.75) is 40.0 Å². The molecule has 0 saturated carbocycles. The Labute approximate surface area is 128 Å². The van der Waals surface area contributed by atoms with Crippen molar-refractivity contribution >= 4 is 11.6 Å². The molecular weight excluding hydrogens is 264 g/mol. The summed E-state index contributed by atoms with van der Waals surface area (Å²) in [6.07, 6.45) is 3.12. The third-order valence-corrected chi connectivity index (χ3v) is 3.06. The van der Waals surface area contributed by atoms with Gasteiger partial charge in [0, 0.05) is 5.69 Å². The average Bonchev–Trinajstić information content (AvgIpc) is 2.47. The molecule has 0 bridgehead atoms. The molecule has 0 heterocycles. The summed E-state index contributed by atoms with van der Waals surface area (Å²) in [5, 5.41) is 2.94. The zero-order chi connectivity index (χ0) is 15.5. The normalized spacial score (nSPS) is 10.7. The van der Waals surface area contributed by atoms with Gasteiger partial charge < -0.3 is 10.1 Å². The summed E-state index contributed by atoms with van der Waals surface area (Å²) in [5.41, 5.74) is 0.816. The number of ether oxygens (including phenoxy) is 1. The smallest absolute Gasteiger partial charge is 0.238 e. The SMILES string of the molecule is CCCOc1ccc(NC(=O)CN(CCC)CCC)cc1. The summed E-state index contributed by atoms with van der Waals surface area (Å²) in [4.78, 5) is 14.2. The minimum Gasteiger partial charge on any atom is -0.494 e. The van der Waals surface area contributed by atoms with E-state index in [0.29, 0.717) is 13.2 Å². The number of hydrogen-bond donors (Lipinski definition) is 1. The van der Waals surface area contributed by atoms with Crippen molar-refractivity contribution in [2.75, 3.05) is 31.6 Å². The molecule has 118 valence electrons. The van der Waals surface area contributed by atoms with Crippen LogP contribution < -0.4 is 10.1 Å². The van der Waals surface area contributed by atoms with Crippen LogP contribution in [0.5, 0.6) is 5.75 Å². The first kappa shape index (κ1) is 17.5. The lowest BCUT2D eigenvalue weighted by atomic mass is 10.3. The molecule has 1 amide bonds. The fourth-order valence-electron chi connectivity index (χ4n) is 2.16. The van der Waals surface area contributed by atoms with E-state index < -0.39 is 0 Å². The Morgan fingerprint density at radius 2 is 1.67 bits per heavy atom. The molecule has 0 saturated heterocycles. The Bertz CT molecular complexity index is 398. The molecule has 0 atom stereocenters. The predicted molar refractivity (Wildman–Crippen MR) is 87.9 cm³/mol. The third kappa shape index (κ3) is 7.14. The van der Waals surface area contributed by atoms with Gasteiger partial charge >= 0.3 is 0 Å². The number of carbonyl (C=O) groups is 1. The molecule has 0 radical (unpaired) electrons. The van der Waals surface area contributed by atoms with Gasteiger partial charge in [-0.1, -0.05) is 20.8 Å². The topological polar surface area (TPSA) is 41.6 Å². The van der Waals surface area contributed by atoms with Crippen LogP contribution in [0.1, 0.15) is 40.0 Å². The first-order chi connectivity index (χ1) is 10.2. The molecule has 1 N–H and O–H groups in total.